The molecule has 0 atom stereocenters. The second-order valence-corrected chi connectivity index (χ2v) is 6.82. The lowest BCUT2D eigenvalue weighted by molar-refractivity contribution is 0.0470. The van der Waals surface area contributed by atoms with Crippen molar-refractivity contribution in [2.45, 2.75) is 20.5 Å². The third-order valence-corrected chi connectivity index (χ3v) is 4.92. The molecule has 0 saturated heterocycles. The Bertz CT molecular complexity index is 940. The summed E-state index contributed by atoms with van der Waals surface area (Å²) in [7, 11) is 0. The Kier molecular flexibility index (Phi) is 4.88. The van der Waals surface area contributed by atoms with Crippen LogP contribution in [-0.2, 0) is 11.3 Å². The van der Waals surface area contributed by atoms with Gasteiger partial charge in [-0.05, 0) is 43.7 Å². The molecule has 0 spiro atoms. The average molecular weight is 405 g/mol. The van der Waals surface area contributed by atoms with Crippen molar-refractivity contribution in [1.29, 1.82) is 0 Å². The largest absolute Gasteiger partial charge is 0.457 e. The first kappa shape index (κ1) is 16.9. The molecule has 0 fully saturated rings. The molecule has 3 rings (SSSR count). The van der Waals surface area contributed by atoms with Crippen LogP contribution in [0.4, 0.5) is 0 Å². The molecular weight excluding hydrogens is 390 g/mol. The van der Waals surface area contributed by atoms with Gasteiger partial charge in [-0.15, -0.1) is 0 Å². The lowest BCUT2D eigenvalue weighted by atomic mass is 10.0. The lowest BCUT2D eigenvalue weighted by Gasteiger charge is -2.13. The number of nitrogens with zero attached hydrogens (tertiary/aromatic N) is 1. The molecule has 0 N–H and O–H groups in total. The highest BCUT2D eigenvalue weighted by molar-refractivity contribution is 9.10. The Morgan fingerprint density at radius 1 is 1.21 bits per heavy atom. The van der Waals surface area contributed by atoms with Crippen LogP contribution in [0.5, 0.6) is 0 Å². The molecular formula is C19H15BrClNO2. The van der Waals surface area contributed by atoms with Crippen molar-refractivity contribution in [2.75, 3.05) is 0 Å². The number of pyridine rings is 1. The van der Waals surface area contributed by atoms with Crippen LogP contribution in [0.25, 0.3) is 10.9 Å². The molecule has 1 heterocycles. The van der Waals surface area contributed by atoms with Gasteiger partial charge in [0.05, 0.1) is 16.8 Å². The molecule has 122 valence electrons. The van der Waals surface area contributed by atoms with Crippen LogP contribution in [0, 0.1) is 13.8 Å². The standard InChI is InChI=1S/C19H15BrClNO2/c1-11-15-9-14(21)7-8-17(15)22-12(2)18(11)19(23)24-10-13-5-3-4-6-16(13)20/h3-9H,10H2,1-2H3. The van der Waals surface area contributed by atoms with Gasteiger partial charge < -0.3 is 4.74 Å². The van der Waals surface area contributed by atoms with E-state index in [-0.39, 0.29) is 12.6 Å². The molecule has 0 unspecified atom stereocenters. The van der Waals surface area contributed by atoms with E-state index in [0.29, 0.717) is 16.3 Å². The zero-order valence-corrected chi connectivity index (χ0v) is 15.6. The van der Waals surface area contributed by atoms with E-state index >= 15 is 0 Å². The molecule has 3 aromatic rings. The van der Waals surface area contributed by atoms with Crippen molar-refractivity contribution in [3.8, 4) is 0 Å². The summed E-state index contributed by atoms with van der Waals surface area (Å²) in [6.45, 7) is 3.91. The smallest absolute Gasteiger partial charge is 0.340 e. The second-order valence-electron chi connectivity index (χ2n) is 5.53. The number of hydrogen-bond acceptors (Lipinski definition) is 3. The summed E-state index contributed by atoms with van der Waals surface area (Å²) in [5.74, 6) is -0.380. The zero-order chi connectivity index (χ0) is 17.3. The van der Waals surface area contributed by atoms with Crippen LogP contribution >= 0.6 is 27.5 Å². The topological polar surface area (TPSA) is 39.2 Å². The number of halogens is 2. The number of rotatable bonds is 3. The number of carbonyl (C=O) groups excluding carboxylic acids is 1. The van der Waals surface area contributed by atoms with Crippen molar-refractivity contribution in [3.05, 3.63) is 74.3 Å². The van der Waals surface area contributed by atoms with Crippen molar-refractivity contribution >= 4 is 44.4 Å². The van der Waals surface area contributed by atoms with Gasteiger partial charge >= 0.3 is 5.97 Å². The Morgan fingerprint density at radius 3 is 2.71 bits per heavy atom. The number of benzene rings is 2. The van der Waals surface area contributed by atoms with Gasteiger partial charge in [-0.1, -0.05) is 45.7 Å². The third kappa shape index (κ3) is 3.30. The zero-order valence-electron chi connectivity index (χ0n) is 13.3. The van der Waals surface area contributed by atoms with Gasteiger partial charge in [0.2, 0.25) is 0 Å². The Morgan fingerprint density at radius 2 is 1.96 bits per heavy atom. The summed E-state index contributed by atoms with van der Waals surface area (Å²) in [6, 6.07) is 13.1. The van der Waals surface area contributed by atoms with Gasteiger partial charge in [0.1, 0.15) is 6.61 Å². The number of aromatic nitrogens is 1. The molecule has 0 amide bonds. The predicted octanol–water partition coefficient (Wildman–Crippen LogP) is 5.62. The van der Waals surface area contributed by atoms with Gasteiger partial charge in [0.25, 0.3) is 0 Å². The first-order valence-corrected chi connectivity index (χ1v) is 8.61. The number of ether oxygens (including phenoxy) is 1. The summed E-state index contributed by atoms with van der Waals surface area (Å²) in [4.78, 5) is 17.1. The maximum absolute atomic E-state index is 12.6. The van der Waals surface area contributed by atoms with Crippen LogP contribution in [0.1, 0.15) is 27.2 Å². The maximum Gasteiger partial charge on any atom is 0.340 e. The molecule has 3 nitrogen and oxygen atoms in total. The van der Waals surface area contributed by atoms with Gasteiger partial charge in [0, 0.05) is 20.4 Å². The quantitative estimate of drug-likeness (QED) is 0.531. The van der Waals surface area contributed by atoms with E-state index in [1.54, 1.807) is 6.07 Å². The van der Waals surface area contributed by atoms with Gasteiger partial charge in [-0.25, -0.2) is 4.79 Å². The van der Waals surface area contributed by atoms with E-state index in [9.17, 15) is 4.79 Å². The van der Waals surface area contributed by atoms with Crippen LogP contribution in [0.3, 0.4) is 0 Å². The molecule has 2 aromatic carbocycles. The highest BCUT2D eigenvalue weighted by atomic mass is 79.9. The van der Waals surface area contributed by atoms with E-state index in [4.69, 9.17) is 16.3 Å². The number of aryl methyl sites for hydroxylation is 2. The first-order chi connectivity index (χ1) is 11.5. The fourth-order valence-electron chi connectivity index (χ4n) is 2.68. The van der Waals surface area contributed by atoms with Crippen molar-refractivity contribution in [2.24, 2.45) is 0 Å². The predicted molar refractivity (Wildman–Crippen MR) is 99.5 cm³/mol. The number of hydrogen-bond donors (Lipinski definition) is 0. The molecule has 0 radical (unpaired) electrons. The highest BCUT2D eigenvalue weighted by Crippen LogP contribution is 2.26. The summed E-state index contributed by atoms with van der Waals surface area (Å²) in [5, 5.41) is 1.48. The van der Waals surface area contributed by atoms with Gasteiger partial charge in [-0.2, -0.15) is 0 Å². The van der Waals surface area contributed by atoms with Gasteiger partial charge in [-0.3, -0.25) is 4.98 Å². The monoisotopic (exact) mass is 403 g/mol. The second kappa shape index (κ2) is 6.91. The molecule has 5 heteroatoms. The first-order valence-electron chi connectivity index (χ1n) is 7.44. The molecule has 0 aliphatic rings. The Balaban J connectivity index is 1.93. The number of esters is 1. The van der Waals surface area contributed by atoms with E-state index in [1.807, 2.05) is 50.2 Å². The van der Waals surface area contributed by atoms with Gasteiger partial charge in [0.15, 0.2) is 0 Å². The molecule has 1 aromatic heterocycles. The molecule has 0 aliphatic carbocycles. The van der Waals surface area contributed by atoms with Crippen LogP contribution in [0.15, 0.2) is 46.9 Å². The maximum atomic E-state index is 12.6. The minimum absolute atomic E-state index is 0.201. The fraction of sp³-hybridized carbons (Fsp3) is 0.158. The van der Waals surface area contributed by atoms with Crippen LogP contribution < -0.4 is 0 Å². The molecule has 0 aliphatic heterocycles. The molecule has 0 saturated carbocycles. The summed E-state index contributed by atoms with van der Waals surface area (Å²) < 4.78 is 6.41. The summed E-state index contributed by atoms with van der Waals surface area (Å²) >= 11 is 9.53. The third-order valence-electron chi connectivity index (χ3n) is 3.91. The van der Waals surface area contributed by atoms with Crippen molar-refractivity contribution in [1.82, 2.24) is 4.98 Å². The molecule has 0 bridgehead atoms. The SMILES string of the molecule is Cc1nc2ccc(Cl)cc2c(C)c1C(=O)OCc1ccccc1Br. The summed E-state index contributed by atoms with van der Waals surface area (Å²) in [5.41, 5.74) is 3.71. The van der Waals surface area contributed by atoms with Crippen molar-refractivity contribution in [3.63, 3.8) is 0 Å². The minimum Gasteiger partial charge on any atom is -0.457 e. The summed E-state index contributed by atoms with van der Waals surface area (Å²) in [6.07, 6.45) is 0. The fourth-order valence-corrected chi connectivity index (χ4v) is 3.25. The van der Waals surface area contributed by atoms with Crippen LogP contribution in [-0.4, -0.2) is 11.0 Å². The van der Waals surface area contributed by atoms with Crippen LogP contribution in [0.2, 0.25) is 5.02 Å². The van der Waals surface area contributed by atoms with E-state index < -0.39 is 0 Å². The minimum atomic E-state index is -0.380. The Hall–Kier alpha value is -1.91. The van der Waals surface area contributed by atoms with E-state index in [0.717, 1.165) is 26.5 Å². The number of carbonyl (C=O) groups is 1. The van der Waals surface area contributed by atoms with E-state index in [1.165, 1.54) is 0 Å². The van der Waals surface area contributed by atoms with E-state index in [2.05, 4.69) is 20.9 Å². The average Bonchev–Trinajstić information content (AvgIpc) is 2.55. The van der Waals surface area contributed by atoms with Crippen molar-refractivity contribution < 1.29 is 9.53 Å². The number of fused-ring (bicyclic) bond motifs is 1. The normalized spacial score (nSPS) is 10.8. The highest BCUT2D eigenvalue weighted by Gasteiger charge is 2.18. The lowest BCUT2D eigenvalue weighted by Crippen LogP contribution is -2.11. The Labute approximate surface area is 153 Å². The molecule has 24 heavy (non-hydrogen) atoms.